The molecule has 2 heterocycles. The van der Waals surface area contributed by atoms with Gasteiger partial charge in [0.2, 0.25) is 12.2 Å². The second-order valence-corrected chi connectivity index (χ2v) is 5.81. The molecule has 1 saturated heterocycles. The van der Waals surface area contributed by atoms with Gasteiger partial charge in [0.05, 0.1) is 12.2 Å². The van der Waals surface area contributed by atoms with Crippen molar-refractivity contribution in [3.63, 3.8) is 0 Å². The molecule has 0 bridgehead atoms. The van der Waals surface area contributed by atoms with Crippen LogP contribution in [0.2, 0.25) is 0 Å². The number of carbonyl (C=O) groups is 2. The number of hydrogen-bond acceptors (Lipinski definition) is 10. The first kappa shape index (κ1) is 18.2. The number of aliphatic hydroxyl groups excluding tert-OH is 3. The lowest BCUT2D eigenvalue weighted by Gasteiger charge is -2.41. The SMILES string of the molecule is CC(=O)N[C@H]1[C@H](OC(=O)c2ccc3nonc3c2)O[C@H](CO)[C@@H](O)[C@H]1O. The highest BCUT2D eigenvalue weighted by atomic mass is 16.7. The van der Waals surface area contributed by atoms with Gasteiger partial charge in [-0.1, -0.05) is 0 Å². The number of hydrogen-bond donors (Lipinski definition) is 4. The number of rotatable bonds is 4. The molecule has 0 radical (unpaired) electrons. The molecule has 1 aromatic heterocycles. The molecule has 5 atom stereocenters. The Morgan fingerprint density at radius 1 is 1.23 bits per heavy atom. The van der Waals surface area contributed by atoms with E-state index < -0.39 is 49.1 Å². The van der Waals surface area contributed by atoms with Crippen LogP contribution < -0.4 is 5.32 Å². The van der Waals surface area contributed by atoms with Gasteiger partial charge in [0.25, 0.3) is 0 Å². The lowest BCUT2D eigenvalue weighted by molar-refractivity contribution is -0.253. The van der Waals surface area contributed by atoms with Crippen molar-refractivity contribution < 1.29 is 39.0 Å². The van der Waals surface area contributed by atoms with E-state index in [9.17, 15) is 24.9 Å². The number of amides is 1. The molecule has 0 unspecified atom stereocenters. The zero-order valence-electron chi connectivity index (χ0n) is 13.6. The maximum atomic E-state index is 12.4. The van der Waals surface area contributed by atoms with Gasteiger partial charge < -0.3 is 30.1 Å². The van der Waals surface area contributed by atoms with Gasteiger partial charge in [-0.25, -0.2) is 9.42 Å². The molecule has 3 rings (SSSR count). The Kier molecular flexibility index (Phi) is 5.13. The Labute approximate surface area is 146 Å². The maximum Gasteiger partial charge on any atom is 0.340 e. The van der Waals surface area contributed by atoms with Crippen molar-refractivity contribution in [3.05, 3.63) is 23.8 Å². The third-order valence-corrected chi connectivity index (χ3v) is 3.96. The minimum atomic E-state index is -1.51. The minimum absolute atomic E-state index is 0.111. The number of aliphatic hydroxyl groups is 3. The van der Waals surface area contributed by atoms with Gasteiger partial charge in [-0.3, -0.25) is 4.79 Å². The molecule has 0 saturated carbocycles. The number of nitrogens with one attached hydrogen (secondary N) is 1. The highest BCUT2D eigenvalue weighted by Gasteiger charge is 2.46. The molecule has 140 valence electrons. The number of benzene rings is 1. The summed E-state index contributed by atoms with van der Waals surface area (Å²) in [6.07, 6.45) is -5.59. The lowest BCUT2D eigenvalue weighted by atomic mass is 9.97. The Bertz CT molecular complexity index is 809. The zero-order valence-corrected chi connectivity index (χ0v) is 13.6. The summed E-state index contributed by atoms with van der Waals surface area (Å²) < 4.78 is 15.1. The smallest absolute Gasteiger partial charge is 0.340 e. The minimum Gasteiger partial charge on any atom is -0.430 e. The molecule has 0 aliphatic carbocycles. The van der Waals surface area contributed by atoms with E-state index in [2.05, 4.69) is 20.3 Å². The van der Waals surface area contributed by atoms with E-state index >= 15 is 0 Å². The summed E-state index contributed by atoms with van der Waals surface area (Å²) in [5.41, 5.74) is 0.899. The molecule has 1 aromatic carbocycles. The summed E-state index contributed by atoms with van der Waals surface area (Å²) in [6.45, 7) is 0.581. The average molecular weight is 367 g/mol. The van der Waals surface area contributed by atoms with Crippen LogP contribution in [-0.2, 0) is 14.3 Å². The van der Waals surface area contributed by atoms with Crippen LogP contribution in [0.1, 0.15) is 17.3 Å². The van der Waals surface area contributed by atoms with Crippen LogP contribution in [-0.4, -0.2) is 74.8 Å². The van der Waals surface area contributed by atoms with Crippen molar-refractivity contribution in [2.45, 2.75) is 37.6 Å². The van der Waals surface area contributed by atoms with Crippen LogP contribution in [0.4, 0.5) is 0 Å². The largest absolute Gasteiger partial charge is 0.430 e. The molecule has 1 fully saturated rings. The first-order chi connectivity index (χ1) is 12.4. The van der Waals surface area contributed by atoms with Gasteiger partial charge in [0.1, 0.15) is 35.4 Å². The predicted molar refractivity (Wildman–Crippen MR) is 82.6 cm³/mol. The molecule has 0 spiro atoms. The normalized spacial score (nSPS) is 28.7. The standard InChI is InChI=1S/C15H17N3O8/c1-6(20)16-11-13(22)12(21)10(5-19)24-15(11)25-14(23)7-2-3-8-9(4-7)18-26-17-8/h2-4,10-13,15,19,21-22H,5H2,1H3,(H,16,20)/t10-,11-,12-,13+,15+/m1/s1. The van der Waals surface area contributed by atoms with Gasteiger partial charge in [-0.2, -0.15) is 0 Å². The van der Waals surface area contributed by atoms with Gasteiger partial charge >= 0.3 is 5.97 Å². The molecule has 4 N–H and O–H groups in total. The highest BCUT2D eigenvalue weighted by Crippen LogP contribution is 2.23. The van der Waals surface area contributed by atoms with Gasteiger partial charge in [-0.15, -0.1) is 0 Å². The molecule has 26 heavy (non-hydrogen) atoms. The van der Waals surface area contributed by atoms with Gasteiger partial charge in [-0.05, 0) is 28.5 Å². The van der Waals surface area contributed by atoms with E-state index in [4.69, 9.17) is 9.47 Å². The van der Waals surface area contributed by atoms with Crippen molar-refractivity contribution in [2.75, 3.05) is 6.61 Å². The molecule has 1 aliphatic heterocycles. The Morgan fingerprint density at radius 3 is 2.65 bits per heavy atom. The second kappa shape index (κ2) is 7.33. The van der Waals surface area contributed by atoms with Crippen LogP contribution in [0.5, 0.6) is 0 Å². The average Bonchev–Trinajstić information content (AvgIpc) is 3.08. The van der Waals surface area contributed by atoms with Crippen LogP contribution in [0.15, 0.2) is 22.8 Å². The van der Waals surface area contributed by atoms with Crippen LogP contribution in [0, 0.1) is 0 Å². The summed E-state index contributed by atoms with van der Waals surface area (Å²) in [4.78, 5) is 23.8. The fourth-order valence-corrected chi connectivity index (χ4v) is 2.65. The van der Waals surface area contributed by atoms with Gasteiger partial charge in [0, 0.05) is 6.92 Å². The fraction of sp³-hybridized carbons (Fsp3) is 0.467. The number of nitrogens with zero attached hydrogens (tertiary/aromatic N) is 2. The summed E-state index contributed by atoms with van der Waals surface area (Å²) in [6, 6.07) is 3.11. The van der Waals surface area contributed by atoms with Crippen molar-refractivity contribution in [1.29, 1.82) is 0 Å². The number of esters is 1. The molecule has 11 nitrogen and oxygen atoms in total. The first-order valence-electron chi connectivity index (χ1n) is 7.73. The Morgan fingerprint density at radius 2 is 1.96 bits per heavy atom. The molecule has 1 aliphatic rings. The Hall–Kier alpha value is -2.60. The van der Waals surface area contributed by atoms with Crippen LogP contribution in [0.3, 0.4) is 0 Å². The van der Waals surface area contributed by atoms with E-state index in [0.29, 0.717) is 11.0 Å². The highest BCUT2D eigenvalue weighted by molar-refractivity contribution is 5.93. The maximum absolute atomic E-state index is 12.4. The number of ether oxygens (including phenoxy) is 2. The molecular weight excluding hydrogens is 350 g/mol. The number of aromatic nitrogens is 2. The Balaban J connectivity index is 1.81. The van der Waals surface area contributed by atoms with Crippen molar-refractivity contribution in [1.82, 2.24) is 15.6 Å². The quantitative estimate of drug-likeness (QED) is 0.459. The summed E-state index contributed by atoms with van der Waals surface area (Å²) in [7, 11) is 0. The molecule has 1 amide bonds. The third kappa shape index (κ3) is 3.51. The van der Waals surface area contributed by atoms with Crippen molar-refractivity contribution in [3.8, 4) is 0 Å². The van der Waals surface area contributed by atoms with E-state index in [1.807, 2.05) is 0 Å². The summed E-state index contributed by atoms with van der Waals surface area (Å²) in [5.74, 6) is -1.35. The first-order valence-corrected chi connectivity index (χ1v) is 7.73. The molecule has 11 heteroatoms. The fourth-order valence-electron chi connectivity index (χ4n) is 2.65. The van der Waals surface area contributed by atoms with Crippen LogP contribution >= 0.6 is 0 Å². The lowest BCUT2D eigenvalue weighted by Crippen LogP contribution is -2.64. The summed E-state index contributed by atoms with van der Waals surface area (Å²) >= 11 is 0. The molecule has 2 aromatic rings. The van der Waals surface area contributed by atoms with E-state index in [1.165, 1.54) is 25.1 Å². The second-order valence-electron chi connectivity index (χ2n) is 5.81. The topological polar surface area (TPSA) is 164 Å². The monoisotopic (exact) mass is 367 g/mol. The number of fused-ring (bicyclic) bond motifs is 1. The van der Waals surface area contributed by atoms with Crippen molar-refractivity contribution >= 4 is 22.9 Å². The predicted octanol–water partition coefficient (Wildman–Crippen LogP) is -1.68. The third-order valence-electron chi connectivity index (χ3n) is 3.96. The van der Waals surface area contributed by atoms with Crippen molar-refractivity contribution in [2.24, 2.45) is 0 Å². The number of carbonyl (C=O) groups excluding carboxylic acids is 2. The molecular formula is C15H17N3O8. The van der Waals surface area contributed by atoms with E-state index in [0.717, 1.165) is 0 Å². The van der Waals surface area contributed by atoms with E-state index in [1.54, 1.807) is 0 Å². The van der Waals surface area contributed by atoms with Gasteiger partial charge in [0.15, 0.2) is 0 Å². The van der Waals surface area contributed by atoms with E-state index in [-0.39, 0.29) is 5.56 Å². The summed E-state index contributed by atoms with van der Waals surface area (Å²) in [5, 5.41) is 39.0. The zero-order chi connectivity index (χ0) is 18.8. The van der Waals surface area contributed by atoms with Crippen LogP contribution in [0.25, 0.3) is 11.0 Å².